The Balaban J connectivity index is 1.55. The summed E-state index contributed by atoms with van der Waals surface area (Å²) in [5.41, 5.74) is 5.42. The summed E-state index contributed by atoms with van der Waals surface area (Å²) < 4.78 is 7.17. The lowest BCUT2D eigenvalue weighted by Crippen LogP contribution is -2.19. The van der Waals surface area contributed by atoms with Crippen molar-refractivity contribution in [2.75, 3.05) is 6.61 Å². The average Bonchev–Trinajstić information content (AvgIpc) is 3.21. The van der Waals surface area contributed by atoms with Gasteiger partial charge in [0, 0.05) is 12.1 Å². The number of nitrogens with zero attached hydrogens (tertiary/aromatic N) is 2. The first-order valence-electron chi connectivity index (χ1n) is 11.1. The Labute approximate surface area is 198 Å². The molecule has 0 saturated heterocycles. The van der Waals surface area contributed by atoms with E-state index in [9.17, 15) is 9.59 Å². The lowest BCUT2D eigenvalue weighted by Gasteiger charge is -2.10. The lowest BCUT2D eigenvalue weighted by atomic mass is 10.1. The van der Waals surface area contributed by atoms with Crippen molar-refractivity contribution in [3.8, 4) is 0 Å². The molecule has 3 aromatic carbocycles. The van der Waals surface area contributed by atoms with Gasteiger partial charge in [0.2, 0.25) is 5.78 Å². The number of carbonyl (C=O) groups is 2. The van der Waals surface area contributed by atoms with E-state index >= 15 is 0 Å². The third-order valence-corrected chi connectivity index (χ3v) is 5.59. The largest absolute Gasteiger partial charge is 0.479 e. The molecule has 0 aliphatic heterocycles. The van der Waals surface area contributed by atoms with Gasteiger partial charge in [0.05, 0.1) is 17.6 Å². The van der Waals surface area contributed by atoms with Crippen LogP contribution in [0.4, 0.5) is 0 Å². The number of ether oxygens (including phenoxy) is 1. The quantitative estimate of drug-likeness (QED) is 0.355. The van der Waals surface area contributed by atoms with Gasteiger partial charge in [0.15, 0.2) is 11.9 Å². The number of aryl methyl sites for hydroxylation is 1. The fourth-order valence-electron chi connectivity index (χ4n) is 3.62. The molecule has 0 amide bonds. The van der Waals surface area contributed by atoms with E-state index in [1.807, 2.05) is 90.4 Å². The monoisotopic (exact) mass is 454 g/mol. The molecule has 0 saturated carbocycles. The maximum absolute atomic E-state index is 13.3. The number of imidazole rings is 1. The van der Waals surface area contributed by atoms with Gasteiger partial charge >= 0.3 is 5.97 Å². The Morgan fingerprint density at radius 3 is 2.44 bits per heavy atom. The molecule has 4 rings (SSSR count). The van der Waals surface area contributed by atoms with Gasteiger partial charge in [-0.2, -0.15) is 0 Å². The van der Waals surface area contributed by atoms with Crippen LogP contribution in [0.2, 0.25) is 0 Å². The number of carbonyl (C=O) groups excluding carboxylic acids is 1. The third kappa shape index (κ3) is 5.30. The Hall–Kier alpha value is -4.03. The number of para-hydroxylation sites is 2. The minimum atomic E-state index is -0.981. The highest BCUT2D eigenvalue weighted by molar-refractivity contribution is 6.08. The summed E-state index contributed by atoms with van der Waals surface area (Å²) in [6.07, 6.45) is 2.84. The molecule has 6 nitrogen and oxygen atoms in total. The first kappa shape index (κ1) is 23.1. The highest BCUT2D eigenvalue weighted by Crippen LogP contribution is 2.21. The predicted octanol–water partition coefficient (Wildman–Crippen LogP) is 5.13. The Morgan fingerprint density at radius 2 is 1.74 bits per heavy atom. The first-order chi connectivity index (χ1) is 16.4. The molecule has 1 N–H and O–H groups in total. The number of hydrogen-bond donors (Lipinski definition) is 1. The normalized spacial score (nSPS) is 12.3. The lowest BCUT2D eigenvalue weighted by molar-refractivity contribution is -0.148. The van der Waals surface area contributed by atoms with Crippen LogP contribution in [0.15, 0.2) is 78.9 Å². The highest BCUT2D eigenvalue weighted by atomic mass is 16.5. The van der Waals surface area contributed by atoms with Gasteiger partial charge in [-0.15, -0.1) is 0 Å². The minimum absolute atomic E-state index is 0.105. The van der Waals surface area contributed by atoms with E-state index in [-0.39, 0.29) is 12.4 Å². The van der Waals surface area contributed by atoms with Crippen molar-refractivity contribution in [1.82, 2.24) is 9.55 Å². The van der Waals surface area contributed by atoms with E-state index in [4.69, 9.17) is 9.84 Å². The fourth-order valence-corrected chi connectivity index (χ4v) is 3.62. The Morgan fingerprint density at radius 1 is 1.03 bits per heavy atom. The van der Waals surface area contributed by atoms with E-state index in [1.165, 1.54) is 6.92 Å². The van der Waals surface area contributed by atoms with E-state index in [0.29, 0.717) is 17.9 Å². The summed E-state index contributed by atoms with van der Waals surface area (Å²) in [6, 6.07) is 23.3. The van der Waals surface area contributed by atoms with Crippen molar-refractivity contribution in [1.29, 1.82) is 0 Å². The molecule has 0 bridgehead atoms. The smallest absolute Gasteiger partial charge is 0.332 e. The molecule has 4 aromatic rings. The van der Waals surface area contributed by atoms with Crippen LogP contribution in [0.5, 0.6) is 0 Å². The van der Waals surface area contributed by atoms with Crippen LogP contribution in [0.25, 0.3) is 17.1 Å². The van der Waals surface area contributed by atoms with Crippen molar-refractivity contribution in [3.05, 3.63) is 107 Å². The molecule has 1 heterocycles. The van der Waals surface area contributed by atoms with Crippen LogP contribution >= 0.6 is 0 Å². The molecule has 0 aliphatic rings. The molecule has 1 atom stereocenters. The molecule has 34 heavy (non-hydrogen) atoms. The fraction of sp³-hybridized carbons (Fsp3) is 0.179. The third-order valence-electron chi connectivity index (χ3n) is 5.59. The van der Waals surface area contributed by atoms with Gasteiger partial charge < -0.3 is 14.4 Å². The van der Waals surface area contributed by atoms with Crippen molar-refractivity contribution in [2.24, 2.45) is 0 Å². The number of aliphatic carboxylic acids is 1. The summed E-state index contributed by atoms with van der Waals surface area (Å²) in [6.45, 7) is 4.23. The van der Waals surface area contributed by atoms with E-state index in [2.05, 4.69) is 4.98 Å². The number of hydrogen-bond acceptors (Lipinski definition) is 4. The van der Waals surface area contributed by atoms with Gasteiger partial charge in [0.1, 0.15) is 0 Å². The number of carboxylic acids is 1. The standard InChI is InChI=1S/C28H26N2O4/c1-19-9-15-23(16-10-19)26(31)27-29-24-7-3-4-8-25(24)30(27)18-22-13-11-21(12-14-22)6-5-17-34-20(2)28(32)33/h3-16,20H,17-18H2,1-2H3,(H,32,33)/b6-5+/t20-/m1/s1. The number of fused-ring (bicyclic) bond motifs is 1. The number of carboxylic acid groups (broad SMARTS) is 1. The van der Waals surface area contributed by atoms with Crippen LogP contribution in [0.1, 0.15) is 39.8 Å². The molecular weight excluding hydrogens is 428 g/mol. The molecule has 0 radical (unpaired) electrons. The van der Waals surface area contributed by atoms with Crippen molar-refractivity contribution in [2.45, 2.75) is 26.5 Å². The van der Waals surface area contributed by atoms with Gasteiger partial charge in [0.25, 0.3) is 0 Å². The number of benzene rings is 3. The first-order valence-corrected chi connectivity index (χ1v) is 11.1. The summed E-state index contributed by atoms with van der Waals surface area (Å²) >= 11 is 0. The molecule has 6 heteroatoms. The molecular formula is C28H26N2O4. The van der Waals surface area contributed by atoms with Crippen LogP contribution < -0.4 is 0 Å². The topological polar surface area (TPSA) is 81.4 Å². The number of ketones is 1. The summed E-state index contributed by atoms with van der Waals surface area (Å²) in [4.78, 5) is 28.7. The molecule has 0 unspecified atom stereocenters. The van der Waals surface area contributed by atoms with Crippen molar-refractivity contribution in [3.63, 3.8) is 0 Å². The second-order valence-corrected chi connectivity index (χ2v) is 8.16. The van der Waals surface area contributed by atoms with Crippen LogP contribution in [0.3, 0.4) is 0 Å². The van der Waals surface area contributed by atoms with E-state index in [0.717, 1.165) is 27.7 Å². The van der Waals surface area contributed by atoms with Crippen molar-refractivity contribution < 1.29 is 19.4 Å². The van der Waals surface area contributed by atoms with Crippen molar-refractivity contribution >= 4 is 28.9 Å². The van der Waals surface area contributed by atoms with Crippen LogP contribution in [-0.2, 0) is 16.1 Å². The second kappa shape index (κ2) is 10.3. The zero-order valence-corrected chi connectivity index (χ0v) is 19.1. The summed E-state index contributed by atoms with van der Waals surface area (Å²) in [5, 5.41) is 8.85. The van der Waals surface area contributed by atoms with Crippen LogP contribution in [-0.4, -0.2) is 39.1 Å². The summed E-state index contributed by atoms with van der Waals surface area (Å²) in [7, 11) is 0. The Kier molecular flexibility index (Phi) is 6.99. The van der Waals surface area contributed by atoms with Crippen LogP contribution in [0, 0.1) is 6.92 Å². The zero-order valence-electron chi connectivity index (χ0n) is 19.1. The molecule has 172 valence electrons. The van der Waals surface area contributed by atoms with E-state index in [1.54, 1.807) is 6.08 Å². The zero-order chi connectivity index (χ0) is 24.1. The van der Waals surface area contributed by atoms with E-state index < -0.39 is 12.1 Å². The highest BCUT2D eigenvalue weighted by Gasteiger charge is 2.19. The SMILES string of the molecule is Cc1ccc(C(=O)c2nc3ccccc3n2Cc2ccc(/C=C/CO[C@H](C)C(=O)O)cc2)cc1. The van der Waals surface area contributed by atoms with Gasteiger partial charge in [-0.1, -0.05) is 78.4 Å². The maximum atomic E-state index is 13.3. The molecule has 0 fully saturated rings. The Bertz CT molecular complexity index is 1340. The summed E-state index contributed by atoms with van der Waals surface area (Å²) in [5.74, 6) is -0.671. The molecule has 1 aromatic heterocycles. The average molecular weight is 455 g/mol. The minimum Gasteiger partial charge on any atom is -0.479 e. The van der Waals surface area contributed by atoms with Gasteiger partial charge in [-0.25, -0.2) is 9.78 Å². The molecule has 0 spiro atoms. The van der Waals surface area contributed by atoms with Gasteiger partial charge in [-0.05, 0) is 37.1 Å². The number of rotatable bonds is 9. The second-order valence-electron chi connectivity index (χ2n) is 8.16. The number of aromatic nitrogens is 2. The van der Waals surface area contributed by atoms with Gasteiger partial charge in [-0.3, -0.25) is 4.79 Å². The molecule has 0 aliphatic carbocycles. The predicted molar refractivity (Wildman–Crippen MR) is 132 cm³/mol. The maximum Gasteiger partial charge on any atom is 0.332 e.